The van der Waals surface area contributed by atoms with Crippen molar-refractivity contribution in [3.63, 3.8) is 0 Å². The van der Waals surface area contributed by atoms with Crippen LogP contribution in [-0.4, -0.2) is 75.2 Å². The highest BCUT2D eigenvalue weighted by Crippen LogP contribution is 2.21. The summed E-state index contributed by atoms with van der Waals surface area (Å²) in [5, 5.41) is 6.89. The van der Waals surface area contributed by atoms with E-state index in [1.807, 2.05) is 7.05 Å². The topological polar surface area (TPSA) is 52.1 Å². The fraction of sp³-hybridized carbons (Fsp3) is 0.720. The Bertz CT molecular complexity index is 660. The number of aliphatic imine (C=N–C) groups is 1. The predicted molar refractivity (Wildman–Crippen MR) is 148 cm³/mol. The summed E-state index contributed by atoms with van der Waals surface area (Å²) in [6.07, 6.45) is 3.45. The van der Waals surface area contributed by atoms with Gasteiger partial charge in [0.25, 0.3) is 0 Å². The molecule has 6 nitrogen and oxygen atoms in total. The summed E-state index contributed by atoms with van der Waals surface area (Å²) in [4.78, 5) is 9.50. The third-order valence-electron chi connectivity index (χ3n) is 5.95. The van der Waals surface area contributed by atoms with E-state index in [1.54, 1.807) is 0 Å². The van der Waals surface area contributed by atoms with E-state index in [1.165, 1.54) is 56.8 Å². The second-order valence-electron chi connectivity index (χ2n) is 8.98. The molecule has 0 atom stereocenters. The number of nitrogens with zero attached hydrogens (tertiary/aromatic N) is 3. The van der Waals surface area contributed by atoms with Crippen molar-refractivity contribution in [1.29, 1.82) is 0 Å². The standard InChI is InChI=1S/C25H45N5O.HI/c1-6-29-14-16-30(17-15-29)13-8-7-12-27-25(26-5)28-20-23-10-9-22(4)19-24(23)31-18-11-21(2)3;/h9-10,19,21H,6-8,11-18,20H2,1-5H3,(H2,26,27,28);1H. The molecule has 1 fully saturated rings. The van der Waals surface area contributed by atoms with Crippen LogP contribution < -0.4 is 15.4 Å². The number of ether oxygens (including phenoxy) is 1. The lowest BCUT2D eigenvalue weighted by Crippen LogP contribution is -2.46. The zero-order valence-electron chi connectivity index (χ0n) is 21.0. The van der Waals surface area contributed by atoms with Gasteiger partial charge in [-0.1, -0.05) is 32.9 Å². The Kier molecular flexibility index (Phi) is 15.0. The number of aryl methyl sites for hydroxylation is 1. The second kappa shape index (κ2) is 16.5. The van der Waals surface area contributed by atoms with Crippen molar-refractivity contribution in [2.45, 2.75) is 53.5 Å². The summed E-state index contributed by atoms with van der Waals surface area (Å²) in [5.74, 6) is 2.48. The maximum absolute atomic E-state index is 6.07. The maximum Gasteiger partial charge on any atom is 0.191 e. The minimum absolute atomic E-state index is 0. The highest BCUT2D eigenvalue weighted by Gasteiger charge is 2.14. The Morgan fingerprint density at radius 2 is 1.81 bits per heavy atom. The van der Waals surface area contributed by atoms with E-state index in [-0.39, 0.29) is 24.0 Å². The molecule has 32 heavy (non-hydrogen) atoms. The number of halogens is 1. The smallest absolute Gasteiger partial charge is 0.191 e. The monoisotopic (exact) mass is 559 g/mol. The minimum Gasteiger partial charge on any atom is -0.493 e. The summed E-state index contributed by atoms with van der Waals surface area (Å²) >= 11 is 0. The maximum atomic E-state index is 6.07. The Balaban J connectivity index is 0.00000512. The van der Waals surface area contributed by atoms with Gasteiger partial charge >= 0.3 is 0 Å². The first-order valence-corrected chi connectivity index (χ1v) is 12.1. The number of hydrogen-bond donors (Lipinski definition) is 2. The van der Waals surface area contributed by atoms with Crippen LogP contribution in [0.3, 0.4) is 0 Å². The number of hydrogen-bond acceptors (Lipinski definition) is 4. The van der Waals surface area contributed by atoms with Crippen LogP contribution in [0.25, 0.3) is 0 Å². The van der Waals surface area contributed by atoms with Crippen LogP contribution in [-0.2, 0) is 6.54 Å². The van der Waals surface area contributed by atoms with Gasteiger partial charge in [-0.2, -0.15) is 0 Å². The number of benzene rings is 1. The number of likely N-dealkylation sites (N-methyl/N-ethyl adjacent to an activating group) is 1. The average molecular weight is 560 g/mol. The average Bonchev–Trinajstić information content (AvgIpc) is 2.77. The first kappa shape index (κ1) is 29.0. The normalized spacial score (nSPS) is 15.5. The lowest BCUT2D eigenvalue weighted by atomic mass is 10.1. The van der Waals surface area contributed by atoms with Crippen LogP contribution in [0, 0.1) is 12.8 Å². The molecule has 2 rings (SSSR count). The van der Waals surface area contributed by atoms with Crippen molar-refractivity contribution < 1.29 is 4.74 Å². The van der Waals surface area contributed by atoms with Crippen molar-refractivity contribution in [3.8, 4) is 5.75 Å². The SMILES string of the molecule is CCN1CCN(CCCCNC(=NC)NCc2ccc(C)cc2OCCC(C)C)CC1.I. The molecule has 0 radical (unpaired) electrons. The second-order valence-corrected chi connectivity index (χ2v) is 8.98. The van der Waals surface area contributed by atoms with Gasteiger partial charge in [0.05, 0.1) is 6.61 Å². The molecule has 0 spiro atoms. The summed E-state index contributed by atoms with van der Waals surface area (Å²) in [7, 11) is 1.83. The summed E-state index contributed by atoms with van der Waals surface area (Å²) in [6, 6.07) is 6.43. The van der Waals surface area contributed by atoms with Gasteiger partial charge in [-0.3, -0.25) is 4.99 Å². The molecule has 0 amide bonds. The van der Waals surface area contributed by atoms with Gasteiger partial charge in [0.15, 0.2) is 5.96 Å². The van der Waals surface area contributed by atoms with E-state index in [2.05, 4.69) is 71.3 Å². The van der Waals surface area contributed by atoms with Gasteiger partial charge < -0.3 is 25.2 Å². The lowest BCUT2D eigenvalue weighted by molar-refractivity contribution is 0.136. The van der Waals surface area contributed by atoms with Gasteiger partial charge in [0.1, 0.15) is 5.75 Å². The van der Waals surface area contributed by atoms with Crippen molar-refractivity contribution in [1.82, 2.24) is 20.4 Å². The van der Waals surface area contributed by atoms with E-state index >= 15 is 0 Å². The number of unbranched alkanes of at least 4 members (excludes halogenated alkanes) is 1. The molecule has 0 aromatic heterocycles. The van der Waals surface area contributed by atoms with Gasteiger partial charge in [-0.05, 0) is 56.8 Å². The first-order valence-electron chi connectivity index (χ1n) is 12.1. The van der Waals surface area contributed by atoms with Crippen LogP contribution in [0.5, 0.6) is 5.75 Å². The first-order chi connectivity index (χ1) is 15.0. The molecule has 7 heteroatoms. The van der Waals surface area contributed by atoms with Crippen molar-refractivity contribution >= 4 is 29.9 Å². The molecule has 0 aliphatic carbocycles. The largest absolute Gasteiger partial charge is 0.493 e. The van der Waals surface area contributed by atoms with Crippen LogP contribution in [0.2, 0.25) is 0 Å². The summed E-state index contributed by atoms with van der Waals surface area (Å²) in [5.41, 5.74) is 2.39. The molecule has 1 aliphatic rings. The highest BCUT2D eigenvalue weighted by molar-refractivity contribution is 14.0. The molecule has 0 bridgehead atoms. The molecule has 1 aromatic carbocycles. The van der Waals surface area contributed by atoms with Crippen molar-refractivity contribution in [2.24, 2.45) is 10.9 Å². The van der Waals surface area contributed by atoms with Crippen LogP contribution in [0.1, 0.15) is 51.2 Å². The van der Waals surface area contributed by atoms with Gasteiger partial charge in [0.2, 0.25) is 0 Å². The van der Waals surface area contributed by atoms with E-state index in [0.717, 1.165) is 37.7 Å². The number of rotatable bonds is 12. The number of nitrogens with one attached hydrogen (secondary N) is 2. The van der Waals surface area contributed by atoms with Crippen LogP contribution in [0.15, 0.2) is 23.2 Å². The van der Waals surface area contributed by atoms with E-state index < -0.39 is 0 Å². The molecule has 1 aliphatic heterocycles. The zero-order chi connectivity index (χ0) is 22.5. The fourth-order valence-electron chi connectivity index (χ4n) is 3.74. The third kappa shape index (κ3) is 11.2. The predicted octanol–water partition coefficient (Wildman–Crippen LogP) is 4.12. The van der Waals surface area contributed by atoms with Crippen molar-refractivity contribution in [2.75, 3.05) is 59.5 Å². The Hall–Kier alpha value is -1.06. The van der Waals surface area contributed by atoms with Crippen molar-refractivity contribution in [3.05, 3.63) is 29.3 Å². The van der Waals surface area contributed by atoms with Gasteiger partial charge in [0, 0.05) is 51.9 Å². The third-order valence-corrected chi connectivity index (χ3v) is 5.95. The molecule has 184 valence electrons. The quantitative estimate of drug-likeness (QED) is 0.175. The molecule has 1 aromatic rings. The summed E-state index contributed by atoms with van der Waals surface area (Å²) in [6.45, 7) is 18.5. The zero-order valence-corrected chi connectivity index (χ0v) is 23.3. The number of guanidine groups is 1. The van der Waals surface area contributed by atoms with Gasteiger partial charge in [-0.15, -0.1) is 24.0 Å². The van der Waals surface area contributed by atoms with Gasteiger partial charge in [-0.25, -0.2) is 0 Å². The minimum atomic E-state index is 0. The number of piperazine rings is 1. The van der Waals surface area contributed by atoms with E-state index in [0.29, 0.717) is 12.5 Å². The highest BCUT2D eigenvalue weighted by atomic mass is 127. The Morgan fingerprint density at radius 1 is 1.09 bits per heavy atom. The van der Waals surface area contributed by atoms with E-state index in [9.17, 15) is 0 Å². The fourth-order valence-corrected chi connectivity index (χ4v) is 3.74. The van der Waals surface area contributed by atoms with E-state index in [4.69, 9.17) is 4.74 Å². The molecule has 0 unspecified atom stereocenters. The Labute approximate surface area is 213 Å². The molecule has 1 saturated heterocycles. The Morgan fingerprint density at radius 3 is 2.47 bits per heavy atom. The summed E-state index contributed by atoms with van der Waals surface area (Å²) < 4.78 is 6.07. The van der Waals surface area contributed by atoms with Crippen LogP contribution >= 0.6 is 24.0 Å². The molecule has 2 N–H and O–H groups in total. The van der Waals surface area contributed by atoms with Crippen LogP contribution in [0.4, 0.5) is 0 Å². The molecular weight excluding hydrogens is 513 g/mol. The molecular formula is C25H46IN5O. The molecule has 0 saturated carbocycles. The lowest BCUT2D eigenvalue weighted by Gasteiger charge is -2.34. The molecule has 1 heterocycles.